The molecule has 1 unspecified atom stereocenters. The molecular weight excluding hydrogens is 645 g/mol. The molecule has 9 rings (SSSR count). The lowest BCUT2D eigenvalue weighted by atomic mass is 9.83. The van der Waals surface area contributed by atoms with Crippen molar-refractivity contribution in [1.29, 1.82) is 0 Å². The first-order valence-corrected chi connectivity index (χ1v) is 18.0. The van der Waals surface area contributed by atoms with Crippen LogP contribution in [0.4, 0.5) is 0 Å². The SMILES string of the molecule is CC1(c2nc(-c3ccccc3)nc(-c3cccc4cccc(-c5ccc(-c6cc(-c7ccccc7)nc(-c7ccccc7)c6)cc5)c34)n2)C=CC=CC1. The fraction of sp³-hybridized carbons (Fsp3) is 0.0612. The average molecular weight is 681 g/mol. The lowest BCUT2D eigenvalue weighted by Gasteiger charge is -2.25. The second-order valence-electron chi connectivity index (χ2n) is 13.7. The topological polar surface area (TPSA) is 51.6 Å². The van der Waals surface area contributed by atoms with E-state index >= 15 is 0 Å². The molecular formula is C49H36N4. The fourth-order valence-electron chi connectivity index (χ4n) is 7.18. The van der Waals surface area contributed by atoms with Crippen molar-refractivity contribution in [2.24, 2.45) is 0 Å². The van der Waals surface area contributed by atoms with E-state index in [0.29, 0.717) is 11.6 Å². The number of hydrogen-bond acceptors (Lipinski definition) is 4. The summed E-state index contributed by atoms with van der Waals surface area (Å²) in [6, 6.07) is 57.1. The summed E-state index contributed by atoms with van der Waals surface area (Å²) in [5, 5.41) is 2.25. The quantitative estimate of drug-likeness (QED) is 0.168. The smallest absolute Gasteiger partial charge is 0.164 e. The Morgan fingerprint density at radius 2 is 1.00 bits per heavy atom. The van der Waals surface area contributed by atoms with Crippen molar-refractivity contribution < 1.29 is 0 Å². The largest absolute Gasteiger partial charge is 0.248 e. The minimum atomic E-state index is -0.340. The third kappa shape index (κ3) is 6.36. The highest BCUT2D eigenvalue weighted by atomic mass is 15.0. The first-order chi connectivity index (χ1) is 26.1. The van der Waals surface area contributed by atoms with Crippen molar-refractivity contribution in [2.45, 2.75) is 18.8 Å². The molecule has 0 spiro atoms. The maximum atomic E-state index is 5.22. The monoisotopic (exact) mass is 680 g/mol. The van der Waals surface area contributed by atoms with E-state index in [-0.39, 0.29) is 5.41 Å². The Labute approximate surface area is 310 Å². The first kappa shape index (κ1) is 32.1. The van der Waals surface area contributed by atoms with Crippen molar-refractivity contribution in [3.05, 3.63) is 194 Å². The first-order valence-electron chi connectivity index (χ1n) is 18.0. The Morgan fingerprint density at radius 1 is 0.434 bits per heavy atom. The molecule has 1 atom stereocenters. The van der Waals surface area contributed by atoms with Crippen LogP contribution < -0.4 is 0 Å². The summed E-state index contributed by atoms with van der Waals surface area (Å²) >= 11 is 0. The maximum Gasteiger partial charge on any atom is 0.164 e. The van der Waals surface area contributed by atoms with Gasteiger partial charge in [-0.3, -0.25) is 0 Å². The van der Waals surface area contributed by atoms with E-state index in [0.717, 1.165) is 78.9 Å². The molecule has 0 saturated carbocycles. The van der Waals surface area contributed by atoms with Crippen LogP contribution in [0.3, 0.4) is 0 Å². The summed E-state index contributed by atoms with van der Waals surface area (Å²) < 4.78 is 0. The summed E-state index contributed by atoms with van der Waals surface area (Å²) in [6.07, 6.45) is 9.38. The normalized spacial score (nSPS) is 15.1. The number of rotatable bonds is 7. The van der Waals surface area contributed by atoms with E-state index in [1.165, 1.54) is 0 Å². The number of benzene rings is 6. The van der Waals surface area contributed by atoms with Gasteiger partial charge >= 0.3 is 0 Å². The summed E-state index contributed by atoms with van der Waals surface area (Å²) in [4.78, 5) is 20.5. The molecule has 1 aliphatic rings. The van der Waals surface area contributed by atoms with Crippen LogP contribution in [0, 0.1) is 0 Å². The fourth-order valence-corrected chi connectivity index (χ4v) is 7.18. The number of nitrogens with zero attached hydrogens (tertiary/aromatic N) is 4. The third-order valence-electron chi connectivity index (χ3n) is 10.1. The van der Waals surface area contributed by atoms with Crippen molar-refractivity contribution in [3.63, 3.8) is 0 Å². The van der Waals surface area contributed by atoms with Gasteiger partial charge in [-0.1, -0.05) is 176 Å². The molecule has 0 bridgehead atoms. The molecule has 0 fully saturated rings. The Hall–Kier alpha value is -6.78. The highest BCUT2D eigenvalue weighted by Gasteiger charge is 2.29. The van der Waals surface area contributed by atoms with Crippen LogP contribution in [0.5, 0.6) is 0 Å². The van der Waals surface area contributed by atoms with Gasteiger partial charge in [0.25, 0.3) is 0 Å². The molecule has 4 heteroatoms. The number of allylic oxidation sites excluding steroid dienone is 4. The Kier molecular flexibility index (Phi) is 8.33. The Balaban J connectivity index is 1.16. The zero-order chi connectivity index (χ0) is 35.6. The molecule has 0 saturated heterocycles. The molecule has 4 nitrogen and oxygen atoms in total. The molecule has 1 aliphatic carbocycles. The van der Waals surface area contributed by atoms with Gasteiger partial charge in [-0.25, -0.2) is 19.9 Å². The minimum absolute atomic E-state index is 0.340. The standard InChI is InChI=1S/C49H36N4/c1-49(30-12-5-13-31-49)48-52-46(39-20-10-4-11-21-39)51-47(53-48)42-25-15-23-38-22-14-24-41(45(38)42)35-28-26-34(27-29-35)40-32-43(36-16-6-2-7-17-36)50-44(33-40)37-18-8-3-9-19-37/h2-30,32-33H,31H2,1H3. The Bertz CT molecular complexity index is 2570. The zero-order valence-electron chi connectivity index (χ0n) is 29.4. The lowest BCUT2D eigenvalue weighted by molar-refractivity contribution is 0.554. The second-order valence-corrected chi connectivity index (χ2v) is 13.7. The summed E-state index contributed by atoms with van der Waals surface area (Å²) in [6.45, 7) is 2.20. The van der Waals surface area contributed by atoms with Crippen molar-refractivity contribution in [1.82, 2.24) is 19.9 Å². The zero-order valence-corrected chi connectivity index (χ0v) is 29.4. The van der Waals surface area contributed by atoms with Crippen LogP contribution >= 0.6 is 0 Å². The van der Waals surface area contributed by atoms with Gasteiger partial charge in [-0.2, -0.15) is 0 Å². The average Bonchev–Trinajstić information content (AvgIpc) is 3.24. The van der Waals surface area contributed by atoms with Crippen LogP contribution in [0.2, 0.25) is 0 Å². The molecule has 53 heavy (non-hydrogen) atoms. The van der Waals surface area contributed by atoms with E-state index in [9.17, 15) is 0 Å². The summed E-state index contributed by atoms with van der Waals surface area (Å²) in [5.41, 5.74) is 10.2. The van der Waals surface area contributed by atoms with Crippen LogP contribution in [0.15, 0.2) is 188 Å². The van der Waals surface area contributed by atoms with Gasteiger partial charge in [0.1, 0.15) is 5.82 Å². The molecule has 2 heterocycles. The molecule has 252 valence electrons. The molecule has 8 aromatic rings. The third-order valence-corrected chi connectivity index (χ3v) is 10.1. The maximum absolute atomic E-state index is 5.22. The van der Waals surface area contributed by atoms with Gasteiger partial charge in [0.2, 0.25) is 0 Å². The van der Waals surface area contributed by atoms with Gasteiger partial charge in [0.15, 0.2) is 11.6 Å². The van der Waals surface area contributed by atoms with Gasteiger partial charge in [0.05, 0.1) is 11.4 Å². The molecule has 0 amide bonds. The molecule has 2 aromatic heterocycles. The summed E-state index contributed by atoms with van der Waals surface area (Å²) in [5.74, 6) is 2.12. The summed E-state index contributed by atoms with van der Waals surface area (Å²) in [7, 11) is 0. The molecule has 6 aromatic carbocycles. The number of pyridine rings is 1. The molecule has 0 N–H and O–H groups in total. The molecule has 0 aliphatic heterocycles. The van der Waals surface area contributed by atoms with E-state index < -0.39 is 0 Å². The van der Waals surface area contributed by atoms with E-state index in [4.69, 9.17) is 19.9 Å². The van der Waals surface area contributed by atoms with E-state index in [1.807, 2.05) is 30.3 Å². The van der Waals surface area contributed by atoms with Gasteiger partial charge in [-0.05, 0) is 53.1 Å². The number of fused-ring (bicyclic) bond motifs is 1. The van der Waals surface area contributed by atoms with Crippen LogP contribution in [0.25, 0.3) is 78.3 Å². The van der Waals surface area contributed by atoms with Crippen LogP contribution in [-0.2, 0) is 5.41 Å². The van der Waals surface area contributed by atoms with Crippen LogP contribution in [-0.4, -0.2) is 19.9 Å². The minimum Gasteiger partial charge on any atom is -0.248 e. The second kappa shape index (κ2) is 13.7. The van der Waals surface area contributed by atoms with Gasteiger partial charge in [0, 0.05) is 33.1 Å². The highest BCUT2D eigenvalue weighted by Crippen LogP contribution is 2.39. The van der Waals surface area contributed by atoms with Crippen molar-refractivity contribution in [2.75, 3.05) is 0 Å². The van der Waals surface area contributed by atoms with Gasteiger partial charge < -0.3 is 0 Å². The predicted octanol–water partition coefficient (Wildman–Crippen LogP) is 12.2. The van der Waals surface area contributed by atoms with Gasteiger partial charge in [-0.15, -0.1) is 0 Å². The van der Waals surface area contributed by atoms with Crippen LogP contribution in [0.1, 0.15) is 19.2 Å². The molecule has 0 radical (unpaired) electrons. The van der Waals surface area contributed by atoms with Crippen molar-refractivity contribution in [3.8, 4) is 67.5 Å². The van der Waals surface area contributed by atoms with Crippen molar-refractivity contribution >= 4 is 10.8 Å². The number of hydrogen-bond donors (Lipinski definition) is 0. The Morgan fingerprint density at radius 3 is 1.60 bits per heavy atom. The predicted molar refractivity (Wildman–Crippen MR) is 218 cm³/mol. The van der Waals surface area contributed by atoms with E-state index in [1.54, 1.807) is 0 Å². The lowest BCUT2D eigenvalue weighted by Crippen LogP contribution is -2.24. The van der Waals surface area contributed by atoms with E-state index in [2.05, 4.69) is 165 Å². The number of aromatic nitrogens is 4. The highest BCUT2D eigenvalue weighted by molar-refractivity contribution is 6.05.